The SMILES string of the molecule is CC(=O)NC[C@H]1CN(c2ccc(N3CCN(C(=O)Nc4ccccc4)CC(O)C3)c(F)c2)C(=O)O1. The first-order chi connectivity index (χ1) is 16.8. The van der Waals surface area contributed by atoms with Gasteiger partial charge in [0.2, 0.25) is 5.91 Å². The van der Waals surface area contributed by atoms with E-state index in [1.54, 1.807) is 29.2 Å². The molecule has 0 radical (unpaired) electrons. The highest BCUT2D eigenvalue weighted by atomic mass is 19.1. The van der Waals surface area contributed by atoms with E-state index >= 15 is 4.39 Å². The lowest BCUT2D eigenvalue weighted by Gasteiger charge is -2.25. The van der Waals surface area contributed by atoms with E-state index in [4.69, 9.17) is 4.74 Å². The van der Waals surface area contributed by atoms with Crippen LogP contribution in [0.1, 0.15) is 6.92 Å². The van der Waals surface area contributed by atoms with Gasteiger partial charge in [-0.2, -0.15) is 0 Å². The molecule has 0 saturated carbocycles. The van der Waals surface area contributed by atoms with Gasteiger partial charge in [0.05, 0.1) is 37.1 Å². The zero-order valence-corrected chi connectivity index (χ0v) is 19.3. The Morgan fingerprint density at radius 1 is 1.11 bits per heavy atom. The van der Waals surface area contributed by atoms with Crippen LogP contribution in [0.25, 0.3) is 0 Å². The van der Waals surface area contributed by atoms with Crippen molar-refractivity contribution in [3.05, 3.63) is 54.3 Å². The largest absolute Gasteiger partial charge is 0.442 e. The molecule has 2 atom stereocenters. The second kappa shape index (κ2) is 10.6. The van der Waals surface area contributed by atoms with Gasteiger partial charge in [-0.1, -0.05) is 18.2 Å². The van der Waals surface area contributed by atoms with Crippen LogP contribution >= 0.6 is 0 Å². The summed E-state index contributed by atoms with van der Waals surface area (Å²) in [5.74, 6) is -0.791. The zero-order valence-electron chi connectivity index (χ0n) is 19.3. The van der Waals surface area contributed by atoms with E-state index in [-0.39, 0.29) is 43.8 Å². The van der Waals surface area contributed by atoms with E-state index in [2.05, 4.69) is 10.6 Å². The monoisotopic (exact) mass is 485 g/mol. The molecule has 0 aromatic heterocycles. The van der Waals surface area contributed by atoms with Crippen molar-refractivity contribution < 1.29 is 28.6 Å². The molecule has 4 amide bonds. The summed E-state index contributed by atoms with van der Waals surface area (Å²) >= 11 is 0. The Kier molecular flexibility index (Phi) is 7.35. The Morgan fingerprint density at radius 2 is 1.89 bits per heavy atom. The minimum atomic E-state index is -0.874. The molecule has 1 unspecified atom stereocenters. The maximum absolute atomic E-state index is 15.1. The molecule has 0 aliphatic carbocycles. The number of carbonyl (C=O) groups excluding carboxylic acids is 3. The van der Waals surface area contributed by atoms with Crippen molar-refractivity contribution >= 4 is 35.1 Å². The molecule has 2 saturated heterocycles. The normalized spacial score (nSPS) is 20.3. The second-order valence-corrected chi connectivity index (χ2v) is 8.53. The van der Waals surface area contributed by atoms with Gasteiger partial charge in [-0.15, -0.1) is 0 Å². The second-order valence-electron chi connectivity index (χ2n) is 8.53. The number of urea groups is 1. The smallest absolute Gasteiger partial charge is 0.414 e. The lowest BCUT2D eigenvalue weighted by atomic mass is 10.2. The van der Waals surface area contributed by atoms with Gasteiger partial charge in [-0.25, -0.2) is 14.0 Å². The van der Waals surface area contributed by atoms with Crippen molar-refractivity contribution in [2.45, 2.75) is 19.1 Å². The van der Waals surface area contributed by atoms with Crippen LogP contribution in [0.2, 0.25) is 0 Å². The number of anilines is 3. The molecule has 186 valence electrons. The molecular weight excluding hydrogens is 457 g/mol. The molecule has 4 rings (SSSR count). The van der Waals surface area contributed by atoms with Crippen LogP contribution in [0.15, 0.2) is 48.5 Å². The molecule has 2 aromatic rings. The first kappa shape index (κ1) is 24.3. The number of hydrogen-bond donors (Lipinski definition) is 3. The minimum Gasteiger partial charge on any atom is -0.442 e. The summed E-state index contributed by atoms with van der Waals surface area (Å²) in [5.41, 5.74) is 1.25. The number of ether oxygens (including phenoxy) is 1. The number of nitrogens with one attached hydrogen (secondary N) is 2. The molecule has 0 spiro atoms. The lowest BCUT2D eigenvalue weighted by Crippen LogP contribution is -2.40. The number of amides is 4. The highest BCUT2D eigenvalue weighted by Crippen LogP contribution is 2.28. The molecule has 35 heavy (non-hydrogen) atoms. The summed E-state index contributed by atoms with van der Waals surface area (Å²) < 4.78 is 20.4. The predicted molar refractivity (Wildman–Crippen MR) is 128 cm³/mol. The van der Waals surface area contributed by atoms with Gasteiger partial charge in [0, 0.05) is 32.2 Å². The van der Waals surface area contributed by atoms with E-state index in [9.17, 15) is 19.5 Å². The van der Waals surface area contributed by atoms with Crippen LogP contribution in [0.5, 0.6) is 0 Å². The van der Waals surface area contributed by atoms with Gasteiger partial charge in [0.1, 0.15) is 11.9 Å². The number of nitrogens with zero attached hydrogens (tertiary/aromatic N) is 3. The predicted octanol–water partition coefficient (Wildman–Crippen LogP) is 2.00. The molecule has 2 aromatic carbocycles. The minimum absolute atomic E-state index is 0.115. The molecule has 2 aliphatic rings. The van der Waals surface area contributed by atoms with Crippen LogP contribution in [0, 0.1) is 5.82 Å². The third kappa shape index (κ3) is 5.99. The van der Waals surface area contributed by atoms with Crippen LogP contribution in [0.4, 0.5) is 31.0 Å². The number of hydrogen-bond acceptors (Lipinski definition) is 6. The topological polar surface area (TPSA) is 114 Å². The van der Waals surface area contributed by atoms with Crippen molar-refractivity contribution in [2.75, 3.05) is 54.4 Å². The highest BCUT2D eigenvalue weighted by Gasteiger charge is 2.33. The molecule has 10 nitrogen and oxygen atoms in total. The summed E-state index contributed by atoms with van der Waals surface area (Å²) in [6.45, 7) is 2.61. The van der Waals surface area contributed by atoms with Gasteiger partial charge in [-0.05, 0) is 30.3 Å². The Morgan fingerprint density at radius 3 is 2.60 bits per heavy atom. The number of rotatable bonds is 5. The molecule has 0 bridgehead atoms. The number of benzene rings is 2. The van der Waals surface area contributed by atoms with Gasteiger partial charge < -0.3 is 30.3 Å². The van der Waals surface area contributed by atoms with Crippen molar-refractivity contribution in [3.8, 4) is 0 Å². The number of cyclic esters (lactones) is 1. The van der Waals surface area contributed by atoms with E-state index < -0.39 is 24.1 Å². The molecule has 2 aliphatic heterocycles. The van der Waals surface area contributed by atoms with Crippen LogP contribution in [-0.2, 0) is 9.53 Å². The number of aliphatic hydroxyl groups is 1. The van der Waals surface area contributed by atoms with Gasteiger partial charge in [0.15, 0.2) is 0 Å². The summed E-state index contributed by atoms with van der Waals surface area (Å²) in [7, 11) is 0. The van der Waals surface area contributed by atoms with Crippen LogP contribution in [0.3, 0.4) is 0 Å². The van der Waals surface area contributed by atoms with Crippen molar-refractivity contribution in [3.63, 3.8) is 0 Å². The summed E-state index contributed by atoms with van der Waals surface area (Å²) in [4.78, 5) is 40.5. The van der Waals surface area contributed by atoms with Gasteiger partial charge >= 0.3 is 12.1 Å². The van der Waals surface area contributed by atoms with Crippen molar-refractivity contribution in [1.82, 2.24) is 10.2 Å². The van der Waals surface area contributed by atoms with E-state index in [0.717, 1.165) is 0 Å². The Balaban J connectivity index is 1.40. The number of aliphatic hydroxyl groups excluding tert-OH is 1. The zero-order chi connectivity index (χ0) is 24.9. The molecular formula is C24H28FN5O5. The first-order valence-electron chi connectivity index (χ1n) is 11.4. The maximum Gasteiger partial charge on any atom is 0.414 e. The van der Waals surface area contributed by atoms with Crippen molar-refractivity contribution in [2.24, 2.45) is 0 Å². The fourth-order valence-corrected chi connectivity index (χ4v) is 4.13. The summed E-state index contributed by atoms with van der Waals surface area (Å²) in [5, 5.41) is 15.9. The van der Waals surface area contributed by atoms with Crippen molar-refractivity contribution in [1.29, 1.82) is 0 Å². The summed E-state index contributed by atoms with van der Waals surface area (Å²) in [6.07, 6.45) is -2.01. The third-order valence-electron chi connectivity index (χ3n) is 5.85. The highest BCUT2D eigenvalue weighted by molar-refractivity contribution is 5.90. The van der Waals surface area contributed by atoms with Crippen LogP contribution in [-0.4, -0.2) is 79.5 Å². The lowest BCUT2D eigenvalue weighted by molar-refractivity contribution is -0.119. The quantitative estimate of drug-likeness (QED) is 0.597. The van der Waals surface area contributed by atoms with E-state index in [1.807, 2.05) is 18.2 Å². The number of halogens is 1. The average Bonchev–Trinajstić information content (AvgIpc) is 3.08. The van der Waals surface area contributed by atoms with Gasteiger partial charge in [0.25, 0.3) is 0 Å². The average molecular weight is 486 g/mol. The fourth-order valence-electron chi connectivity index (χ4n) is 4.13. The Labute approximate surface area is 202 Å². The first-order valence-corrected chi connectivity index (χ1v) is 11.4. The number of β-amino-alcohol motifs (C(OH)–C–C–N with tert-alkyl or cyclic N) is 1. The van der Waals surface area contributed by atoms with Gasteiger partial charge in [-0.3, -0.25) is 9.69 Å². The Bertz CT molecular complexity index is 1090. The standard InChI is InChI=1S/C24H28FN5O5/c1-16(31)26-12-20-15-30(24(34)35-20)18-7-8-22(21(25)11-18)28-9-10-29(14-19(32)13-28)23(33)27-17-5-3-2-4-6-17/h2-8,11,19-20,32H,9-10,12-15H2,1H3,(H,26,31)(H,27,33)/t19?,20-/m0/s1. The third-order valence-corrected chi connectivity index (χ3v) is 5.85. The summed E-state index contributed by atoms with van der Waals surface area (Å²) in [6, 6.07) is 13.1. The molecule has 3 N–H and O–H groups in total. The fraction of sp³-hybridized carbons (Fsp3) is 0.375. The van der Waals surface area contributed by atoms with E-state index in [0.29, 0.717) is 24.5 Å². The van der Waals surface area contributed by atoms with E-state index in [1.165, 1.54) is 22.8 Å². The Hall–Kier alpha value is -3.86. The van der Waals surface area contributed by atoms with Crippen LogP contribution < -0.4 is 20.4 Å². The maximum atomic E-state index is 15.1. The number of carbonyl (C=O) groups is 3. The molecule has 2 heterocycles. The number of para-hydroxylation sites is 1. The molecule has 2 fully saturated rings. The molecule has 11 heteroatoms.